The SMILES string of the molecule is CCC1(CNc2ccc([N+](=O)[O-])c3nonc23)CCC1. The quantitative estimate of drug-likeness (QED) is 0.666. The topological polar surface area (TPSA) is 94.1 Å². The lowest BCUT2D eigenvalue weighted by atomic mass is 9.67. The van der Waals surface area contributed by atoms with Crippen LogP contribution in [0.15, 0.2) is 16.8 Å². The molecule has 1 heterocycles. The van der Waals surface area contributed by atoms with Crippen molar-refractivity contribution >= 4 is 22.4 Å². The molecule has 1 aromatic carbocycles. The highest BCUT2D eigenvalue weighted by molar-refractivity contribution is 5.93. The molecule has 7 heteroatoms. The Morgan fingerprint density at radius 2 is 2.15 bits per heavy atom. The number of nitro benzene ring substituents is 1. The lowest BCUT2D eigenvalue weighted by Crippen LogP contribution is -2.35. The van der Waals surface area contributed by atoms with Gasteiger partial charge in [-0.2, -0.15) is 0 Å². The molecule has 1 saturated carbocycles. The van der Waals surface area contributed by atoms with Crippen LogP contribution >= 0.6 is 0 Å². The van der Waals surface area contributed by atoms with Crippen LogP contribution in [0.3, 0.4) is 0 Å². The highest BCUT2D eigenvalue weighted by Gasteiger charge is 2.35. The van der Waals surface area contributed by atoms with Gasteiger partial charge in [-0.25, -0.2) is 4.63 Å². The molecule has 0 saturated heterocycles. The molecule has 1 aliphatic carbocycles. The Hall–Kier alpha value is -2.18. The van der Waals surface area contributed by atoms with E-state index in [2.05, 4.69) is 27.2 Å². The molecule has 20 heavy (non-hydrogen) atoms. The summed E-state index contributed by atoms with van der Waals surface area (Å²) in [7, 11) is 0. The Bertz CT molecular complexity index is 643. The van der Waals surface area contributed by atoms with E-state index in [1.807, 2.05) is 0 Å². The maximum Gasteiger partial charge on any atom is 0.300 e. The fourth-order valence-electron chi connectivity index (χ4n) is 2.76. The first-order valence-electron chi connectivity index (χ1n) is 6.79. The van der Waals surface area contributed by atoms with Crippen LogP contribution in [0.5, 0.6) is 0 Å². The molecule has 0 radical (unpaired) electrons. The van der Waals surface area contributed by atoms with Crippen LogP contribution in [-0.2, 0) is 0 Å². The summed E-state index contributed by atoms with van der Waals surface area (Å²) in [5.41, 5.74) is 1.63. The zero-order valence-electron chi connectivity index (χ0n) is 11.3. The fraction of sp³-hybridized carbons (Fsp3) is 0.538. The molecule has 0 unspecified atom stereocenters. The summed E-state index contributed by atoms with van der Waals surface area (Å²) in [6.07, 6.45) is 4.86. The third kappa shape index (κ3) is 1.99. The second kappa shape index (κ2) is 4.73. The van der Waals surface area contributed by atoms with Gasteiger partial charge in [-0.1, -0.05) is 13.3 Å². The normalized spacial score (nSPS) is 16.9. The summed E-state index contributed by atoms with van der Waals surface area (Å²) in [6, 6.07) is 3.11. The summed E-state index contributed by atoms with van der Waals surface area (Å²) in [6.45, 7) is 3.05. The van der Waals surface area contributed by atoms with Crippen LogP contribution < -0.4 is 5.32 Å². The molecule has 0 spiro atoms. The van der Waals surface area contributed by atoms with Crippen molar-refractivity contribution in [1.82, 2.24) is 10.3 Å². The average Bonchev–Trinajstić information content (AvgIpc) is 2.86. The molecule has 7 nitrogen and oxygen atoms in total. The van der Waals surface area contributed by atoms with Gasteiger partial charge >= 0.3 is 5.69 Å². The first-order valence-corrected chi connectivity index (χ1v) is 6.79. The predicted octanol–water partition coefficient (Wildman–Crippen LogP) is 3.12. The van der Waals surface area contributed by atoms with E-state index < -0.39 is 4.92 Å². The second-order valence-corrected chi connectivity index (χ2v) is 5.41. The average molecular weight is 276 g/mol. The maximum absolute atomic E-state index is 10.9. The van der Waals surface area contributed by atoms with E-state index in [-0.39, 0.29) is 11.2 Å². The molecule has 1 N–H and O–H groups in total. The van der Waals surface area contributed by atoms with Gasteiger partial charge in [0.05, 0.1) is 10.6 Å². The van der Waals surface area contributed by atoms with Crippen LogP contribution in [0, 0.1) is 15.5 Å². The van der Waals surface area contributed by atoms with Crippen molar-refractivity contribution in [1.29, 1.82) is 0 Å². The Morgan fingerprint density at radius 1 is 1.40 bits per heavy atom. The molecule has 1 fully saturated rings. The molecule has 106 valence electrons. The van der Waals surface area contributed by atoms with Gasteiger partial charge in [-0.15, -0.1) is 0 Å². The van der Waals surface area contributed by atoms with Gasteiger partial charge in [0.15, 0.2) is 5.52 Å². The summed E-state index contributed by atoms with van der Waals surface area (Å²) in [4.78, 5) is 10.4. The molecule has 0 amide bonds. The van der Waals surface area contributed by atoms with Crippen LogP contribution in [-0.4, -0.2) is 21.8 Å². The van der Waals surface area contributed by atoms with E-state index in [0.29, 0.717) is 10.9 Å². The van der Waals surface area contributed by atoms with Crippen molar-refractivity contribution < 1.29 is 9.55 Å². The number of fused-ring (bicyclic) bond motifs is 1. The zero-order valence-corrected chi connectivity index (χ0v) is 11.3. The van der Waals surface area contributed by atoms with E-state index in [0.717, 1.165) is 18.7 Å². The minimum absolute atomic E-state index is 0.0827. The Kier molecular flexibility index (Phi) is 3.04. The number of hydrogen-bond donors (Lipinski definition) is 1. The van der Waals surface area contributed by atoms with Crippen molar-refractivity contribution in [2.75, 3.05) is 11.9 Å². The minimum atomic E-state index is -0.476. The van der Waals surface area contributed by atoms with E-state index >= 15 is 0 Å². The lowest BCUT2D eigenvalue weighted by Gasteiger charge is -2.41. The van der Waals surface area contributed by atoms with E-state index in [1.165, 1.54) is 25.3 Å². The van der Waals surface area contributed by atoms with Gasteiger partial charge in [0.2, 0.25) is 5.52 Å². The number of anilines is 1. The summed E-state index contributed by atoms with van der Waals surface area (Å²) in [5, 5.41) is 21.7. The third-order valence-corrected chi connectivity index (χ3v) is 4.41. The van der Waals surface area contributed by atoms with Crippen LogP contribution in [0.4, 0.5) is 11.4 Å². The number of non-ortho nitro benzene ring substituents is 1. The second-order valence-electron chi connectivity index (χ2n) is 5.41. The van der Waals surface area contributed by atoms with Crippen LogP contribution in [0.2, 0.25) is 0 Å². The number of aromatic nitrogens is 2. The molecular formula is C13H16N4O3. The molecule has 0 bridgehead atoms. The molecular weight excluding hydrogens is 260 g/mol. The minimum Gasteiger partial charge on any atom is -0.383 e. The fourth-order valence-corrected chi connectivity index (χ4v) is 2.76. The largest absolute Gasteiger partial charge is 0.383 e. The third-order valence-electron chi connectivity index (χ3n) is 4.41. The van der Waals surface area contributed by atoms with E-state index in [1.54, 1.807) is 6.07 Å². The summed E-state index contributed by atoms with van der Waals surface area (Å²) < 4.78 is 4.65. The smallest absolute Gasteiger partial charge is 0.300 e. The first-order chi connectivity index (χ1) is 9.65. The van der Waals surface area contributed by atoms with Crippen LogP contribution in [0.25, 0.3) is 11.0 Å². The number of rotatable bonds is 5. The van der Waals surface area contributed by atoms with Gasteiger partial charge < -0.3 is 5.32 Å². The monoisotopic (exact) mass is 276 g/mol. The Morgan fingerprint density at radius 3 is 2.75 bits per heavy atom. The van der Waals surface area contributed by atoms with Gasteiger partial charge in [0.1, 0.15) is 0 Å². The molecule has 1 aliphatic rings. The number of nitrogens with zero attached hydrogens (tertiary/aromatic N) is 3. The maximum atomic E-state index is 10.9. The molecule has 3 rings (SSSR count). The van der Waals surface area contributed by atoms with Gasteiger partial charge in [-0.3, -0.25) is 10.1 Å². The van der Waals surface area contributed by atoms with Gasteiger partial charge in [0.25, 0.3) is 0 Å². The standard InChI is InChI=1S/C13H16N4O3/c1-2-13(6-3-7-13)8-14-9-4-5-10(17(18)19)12-11(9)15-20-16-12/h4-5,14H,2-3,6-8H2,1H3. The number of nitro groups is 1. The molecule has 0 atom stereocenters. The summed E-state index contributed by atoms with van der Waals surface area (Å²) >= 11 is 0. The Labute approximate surface area is 115 Å². The zero-order chi connectivity index (χ0) is 14.2. The van der Waals surface area contributed by atoms with Crippen molar-refractivity contribution in [3.05, 3.63) is 22.2 Å². The highest BCUT2D eigenvalue weighted by atomic mass is 16.6. The Balaban J connectivity index is 1.87. The van der Waals surface area contributed by atoms with E-state index in [4.69, 9.17) is 0 Å². The molecule has 2 aromatic rings. The van der Waals surface area contributed by atoms with Crippen molar-refractivity contribution in [2.45, 2.75) is 32.6 Å². The van der Waals surface area contributed by atoms with E-state index in [9.17, 15) is 10.1 Å². The van der Waals surface area contributed by atoms with Crippen LogP contribution in [0.1, 0.15) is 32.6 Å². The molecule has 1 aromatic heterocycles. The van der Waals surface area contributed by atoms with Gasteiger partial charge in [0, 0.05) is 12.6 Å². The number of nitrogens with one attached hydrogen (secondary N) is 1. The van der Waals surface area contributed by atoms with Crippen molar-refractivity contribution in [3.63, 3.8) is 0 Å². The van der Waals surface area contributed by atoms with Gasteiger partial charge in [-0.05, 0) is 41.1 Å². The number of hydrogen-bond acceptors (Lipinski definition) is 6. The lowest BCUT2D eigenvalue weighted by molar-refractivity contribution is -0.383. The predicted molar refractivity (Wildman–Crippen MR) is 73.5 cm³/mol. The van der Waals surface area contributed by atoms with Crippen molar-refractivity contribution in [2.24, 2.45) is 5.41 Å². The number of benzene rings is 1. The van der Waals surface area contributed by atoms with Crippen molar-refractivity contribution in [3.8, 4) is 0 Å². The summed E-state index contributed by atoms with van der Waals surface area (Å²) in [5.74, 6) is 0. The molecule has 0 aliphatic heterocycles. The highest BCUT2D eigenvalue weighted by Crippen LogP contribution is 2.44. The first kappa shape index (κ1) is 12.8.